The molecule has 2 aromatic carbocycles. The summed E-state index contributed by atoms with van der Waals surface area (Å²) in [6, 6.07) is 14.7. The maximum Gasteiger partial charge on any atom is 0.0746 e. The van der Waals surface area contributed by atoms with E-state index in [2.05, 4.69) is 72.1 Å². The summed E-state index contributed by atoms with van der Waals surface area (Å²) in [4.78, 5) is 0. The van der Waals surface area contributed by atoms with Crippen molar-refractivity contribution >= 4 is 15.9 Å². The van der Waals surface area contributed by atoms with Crippen LogP contribution in [0.2, 0.25) is 0 Å². The van der Waals surface area contributed by atoms with E-state index in [0.717, 1.165) is 15.9 Å². The van der Waals surface area contributed by atoms with Crippen LogP contribution in [-0.2, 0) is 0 Å². The molecule has 21 heavy (non-hydrogen) atoms. The fourth-order valence-electron chi connectivity index (χ4n) is 2.86. The van der Waals surface area contributed by atoms with Gasteiger partial charge in [0.1, 0.15) is 0 Å². The lowest BCUT2D eigenvalue weighted by molar-refractivity contribution is 0.886. The molecular weight excluding hydrogens is 324 g/mol. The number of aryl methyl sites for hydroxylation is 3. The summed E-state index contributed by atoms with van der Waals surface area (Å²) < 4.78 is 3.07. The average molecular weight is 341 g/mol. The summed E-state index contributed by atoms with van der Waals surface area (Å²) in [5.74, 6) is 0. The van der Waals surface area contributed by atoms with Crippen molar-refractivity contribution in [1.29, 1.82) is 0 Å². The zero-order chi connectivity index (χ0) is 15.0. The predicted molar refractivity (Wildman–Crippen MR) is 90.9 cm³/mol. The number of nitrogens with zero attached hydrogens (tertiary/aromatic N) is 2. The summed E-state index contributed by atoms with van der Waals surface area (Å²) in [5.41, 5.74) is 7.33. The topological polar surface area (TPSA) is 17.8 Å². The number of rotatable bonds is 2. The first-order valence-electron chi connectivity index (χ1n) is 6.94. The van der Waals surface area contributed by atoms with Crippen LogP contribution in [0.25, 0.3) is 16.9 Å². The molecule has 106 valence electrons. The van der Waals surface area contributed by atoms with Gasteiger partial charge in [-0.2, -0.15) is 5.10 Å². The molecule has 2 nitrogen and oxygen atoms in total. The van der Waals surface area contributed by atoms with Gasteiger partial charge >= 0.3 is 0 Å². The number of benzene rings is 2. The minimum absolute atomic E-state index is 1.07. The second-order valence-electron chi connectivity index (χ2n) is 5.38. The molecule has 0 radical (unpaired) electrons. The van der Waals surface area contributed by atoms with Crippen molar-refractivity contribution < 1.29 is 0 Å². The van der Waals surface area contributed by atoms with Crippen molar-refractivity contribution in [2.45, 2.75) is 20.8 Å². The van der Waals surface area contributed by atoms with E-state index in [0.29, 0.717) is 0 Å². The van der Waals surface area contributed by atoms with Gasteiger partial charge in [0, 0.05) is 10.0 Å². The quantitative estimate of drug-likeness (QED) is 0.624. The lowest BCUT2D eigenvalue weighted by atomic mass is 9.97. The van der Waals surface area contributed by atoms with Gasteiger partial charge in [-0.15, -0.1) is 0 Å². The van der Waals surface area contributed by atoms with Gasteiger partial charge in [-0.25, -0.2) is 4.68 Å². The molecule has 0 saturated carbocycles. The Bertz CT molecular complexity index is 762. The van der Waals surface area contributed by atoms with Gasteiger partial charge in [-0.1, -0.05) is 33.6 Å². The second-order valence-corrected chi connectivity index (χ2v) is 6.29. The number of hydrogen-bond acceptors (Lipinski definition) is 1. The highest BCUT2D eigenvalue weighted by atomic mass is 79.9. The van der Waals surface area contributed by atoms with Gasteiger partial charge in [-0.05, 0) is 62.2 Å². The normalized spacial score (nSPS) is 10.9. The zero-order valence-corrected chi connectivity index (χ0v) is 14.0. The third kappa shape index (κ3) is 2.66. The maximum atomic E-state index is 4.50. The number of hydrogen-bond donors (Lipinski definition) is 0. The van der Waals surface area contributed by atoms with Crippen molar-refractivity contribution in [3.05, 3.63) is 69.8 Å². The van der Waals surface area contributed by atoms with Gasteiger partial charge in [0.15, 0.2) is 0 Å². The monoisotopic (exact) mass is 340 g/mol. The summed E-state index contributed by atoms with van der Waals surface area (Å²) in [5, 5.41) is 4.50. The standard InChI is InChI=1S/C18H17BrN2/c1-12-10-13(2)18(14(3)11-12)17-8-9-20-21(17)16-6-4-15(19)5-7-16/h4-11H,1-3H3. The maximum absolute atomic E-state index is 4.50. The van der Waals surface area contributed by atoms with Crippen LogP contribution in [0.15, 0.2) is 53.1 Å². The molecule has 3 heteroatoms. The summed E-state index contributed by atoms with van der Waals surface area (Å²) in [6.07, 6.45) is 1.86. The number of halogens is 1. The molecule has 0 saturated heterocycles. The molecule has 0 atom stereocenters. The van der Waals surface area contributed by atoms with Crippen LogP contribution >= 0.6 is 15.9 Å². The van der Waals surface area contributed by atoms with Gasteiger partial charge in [0.25, 0.3) is 0 Å². The van der Waals surface area contributed by atoms with Gasteiger partial charge < -0.3 is 0 Å². The number of aromatic nitrogens is 2. The Morgan fingerprint density at radius 1 is 0.905 bits per heavy atom. The molecule has 0 aliphatic carbocycles. The fourth-order valence-corrected chi connectivity index (χ4v) is 3.13. The highest BCUT2D eigenvalue weighted by molar-refractivity contribution is 9.10. The van der Waals surface area contributed by atoms with Crippen LogP contribution in [-0.4, -0.2) is 9.78 Å². The van der Waals surface area contributed by atoms with Crippen molar-refractivity contribution in [3.63, 3.8) is 0 Å². The van der Waals surface area contributed by atoms with E-state index in [-0.39, 0.29) is 0 Å². The molecular formula is C18H17BrN2. The van der Waals surface area contributed by atoms with Crippen LogP contribution in [0.3, 0.4) is 0 Å². The van der Waals surface area contributed by atoms with E-state index in [9.17, 15) is 0 Å². The van der Waals surface area contributed by atoms with Crippen LogP contribution in [0, 0.1) is 20.8 Å². The molecule has 0 bridgehead atoms. The van der Waals surface area contributed by atoms with Crippen molar-refractivity contribution in [2.24, 2.45) is 0 Å². The molecule has 3 rings (SSSR count). The third-order valence-electron chi connectivity index (χ3n) is 3.65. The predicted octanol–water partition coefficient (Wildman–Crippen LogP) is 5.23. The molecule has 1 heterocycles. The minimum Gasteiger partial charge on any atom is -0.233 e. The van der Waals surface area contributed by atoms with E-state index in [1.165, 1.54) is 22.3 Å². The largest absolute Gasteiger partial charge is 0.233 e. The second kappa shape index (κ2) is 5.49. The Balaban J connectivity index is 2.18. The first-order valence-corrected chi connectivity index (χ1v) is 7.74. The minimum atomic E-state index is 1.07. The van der Waals surface area contributed by atoms with Crippen molar-refractivity contribution in [3.8, 4) is 16.9 Å². The lowest BCUT2D eigenvalue weighted by Gasteiger charge is -2.14. The Morgan fingerprint density at radius 2 is 1.52 bits per heavy atom. The van der Waals surface area contributed by atoms with Crippen molar-refractivity contribution in [2.75, 3.05) is 0 Å². The van der Waals surface area contributed by atoms with Gasteiger partial charge in [-0.3, -0.25) is 0 Å². The Labute approximate surface area is 133 Å². The van der Waals surface area contributed by atoms with Crippen LogP contribution in [0.5, 0.6) is 0 Å². The zero-order valence-electron chi connectivity index (χ0n) is 12.4. The molecule has 0 fully saturated rings. The molecule has 0 amide bonds. The van der Waals surface area contributed by atoms with Crippen molar-refractivity contribution in [1.82, 2.24) is 9.78 Å². The summed E-state index contributed by atoms with van der Waals surface area (Å²) in [6.45, 7) is 6.46. The van der Waals surface area contributed by atoms with E-state index >= 15 is 0 Å². The Morgan fingerprint density at radius 3 is 2.14 bits per heavy atom. The van der Waals surface area contributed by atoms with E-state index in [1.807, 2.05) is 23.0 Å². The Kier molecular flexibility index (Phi) is 3.68. The van der Waals surface area contributed by atoms with Gasteiger partial charge in [0.05, 0.1) is 17.6 Å². The molecule has 0 aliphatic heterocycles. The molecule has 0 spiro atoms. The summed E-state index contributed by atoms with van der Waals surface area (Å²) >= 11 is 3.47. The summed E-state index contributed by atoms with van der Waals surface area (Å²) in [7, 11) is 0. The molecule has 3 aromatic rings. The van der Waals surface area contributed by atoms with E-state index in [1.54, 1.807) is 0 Å². The molecule has 0 N–H and O–H groups in total. The first-order chi connectivity index (χ1) is 10.1. The third-order valence-corrected chi connectivity index (χ3v) is 4.18. The highest BCUT2D eigenvalue weighted by Gasteiger charge is 2.12. The van der Waals surface area contributed by atoms with Crippen LogP contribution in [0.4, 0.5) is 0 Å². The molecule has 0 unspecified atom stereocenters. The van der Waals surface area contributed by atoms with Crippen LogP contribution in [0.1, 0.15) is 16.7 Å². The Hall–Kier alpha value is -1.87. The smallest absolute Gasteiger partial charge is 0.0746 e. The van der Waals surface area contributed by atoms with E-state index in [4.69, 9.17) is 0 Å². The lowest BCUT2D eigenvalue weighted by Crippen LogP contribution is -2.01. The van der Waals surface area contributed by atoms with E-state index < -0.39 is 0 Å². The molecule has 0 aliphatic rings. The molecule has 1 aromatic heterocycles. The van der Waals surface area contributed by atoms with Gasteiger partial charge in [0.2, 0.25) is 0 Å². The highest BCUT2D eigenvalue weighted by Crippen LogP contribution is 2.30. The fraction of sp³-hybridized carbons (Fsp3) is 0.167. The SMILES string of the molecule is Cc1cc(C)c(-c2ccnn2-c2ccc(Br)cc2)c(C)c1. The van der Waals surface area contributed by atoms with Crippen LogP contribution < -0.4 is 0 Å². The average Bonchev–Trinajstić information content (AvgIpc) is 2.87. The first kappa shape index (κ1) is 14.1.